The molecular weight excluding hydrogens is 470 g/mol. The van der Waals surface area contributed by atoms with Gasteiger partial charge in [0.2, 0.25) is 0 Å². The number of nitrogens with zero attached hydrogens (tertiary/aromatic N) is 1. The van der Waals surface area contributed by atoms with Gasteiger partial charge in [-0.1, -0.05) is 35.5 Å². The van der Waals surface area contributed by atoms with Gasteiger partial charge in [-0.3, -0.25) is 9.52 Å². The number of rotatable bonds is 6. The molecule has 3 aromatic carbocycles. The summed E-state index contributed by atoms with van der Waals surface area (Å²) < 4.78 is 44.3. The fourth-order valence-corrected chi connectivity index (χ4v) is 4.73. The summed E-state index contributed by atoms with van der Waals surface area (Å²) in [5.74, 6) is 0.905. The van der Waals surface area contributed by atoms with Crippen LogP contribution in [0.5, 0.6) is 11.5 Å². The Labute approximate surface area is 201 Å². The highest BCUT2D eigenvalue weighted by Gasteiger charge is 2.22. The lowest BCUT2D eigenvalue weighted by molar-refractivity contribution is 0.102. The number of carbonyl (C=O) groups excluding carboxylic acids is 1. The minimum atomic E-state index is -3.85. The molecule has 1 aromatic heterocycles. The van der Waals surface area contributed by atoms with Crippen molar-refractivity contribution in [1.29, 1.82) is 0 Å². The maximum absolute atomic E-state index is 13.0. The molecule has 0 bridgehead atoms. The molecule has 0 saturated carbocycles. The van der Waals surface area contributed by atoms with E-state index in [1.807, 2.05) is 30.3 Å². The summed E-state index contributed by atoms with van der Waals surface area (Å²) in [5.41, 5.74) is 2.36. The number of sulfonamides is 1. The third-order valence-corrected chi connectivity index (χ3v) is 6.73. The number of hydrogen-bond donors (Lipinski definition) is 2. The normalized spacial score (nSPS) is 12.7. The zero-order valence-corrected chi connectivity index (χ0v) is 19.5. The molecule has 0 aliphatic carbocycles. The monoisotopic (exact) mass is 491 g/mol. The van der Waals surface area contributed by atoms with E-state index in [-0.39, 0.29) is 10.8 Å². The van der Waals surface area contributed by atoms with E-state index in [1.54, 1.807) is 37.3 Å². The Morgan fingerprint density at radius 3 is 2.31 bits per heavy atom. The van der Waals surface area contributed by atoms with Crippen molar-refractivity contribution in [2.75, 3.05) is 23.3 Å². The van der Waals surface area contributed by atoms with E-state index in [0.29, 0.717) is 53.1 Å². The van der Waals surface area contributed by atoms with E-state index in [1.165, 1.54) is 12.1 Å². The molecule has 2 N–H and O–H groups in total. The van der Waals surface area contributed by atoms with E-state index in [9.17, 15) is 13.2 Å². The number of benzene rings is 3. The first kappa shape index (κ1) is 22.5. The van der Waals surface area contributed by atoms with E-state index in [4.69, 9.17) is 14.0 Å². The summed E-state index contributed by atoms with van der Waals surface area (Å²) >= 11 is 0. The quantitative estimate of drug-likeness (QED) is 0.408. The Morgan fingerprint density at radius 1 is 0.886 bits per heavy atom. The maximum Gasteiger partial charge on any atom is 0.262 e. The molecule has 0 atom stereocenters. The molecule has 10 heteroatoms. The minimum absolute atomic E-state index is 0.0514. The molecule has 0 saturated heterocycles. The third kappa shape index (κ3) is 4.69. The predicted octanol–water partition coefficient (Wildman–Crippen LogP) is 4.47. The number of fused-ring (bicyclic) bond motifs is 1. The van der Waals surface area contributed by atoms with Crippen molar-refractivity contribution >= 4 is 27.3 Å². The summed E-state index contributed by atoms with van der Waals surface area (Å²) in [6.45, 7) is 2.45. The topological polar surface area (TPSA) is 120 Å². The molecule has 0 radical (unpaired) electrons. The van der Waals surface area contributed by atoms with Gasteiger partial charge in [-0.05, 0) is 43.3 Å². The van der Waals surface area contributed by atoms with Crippen molar-refractivity contribution in [3.8, 4) is 22.8 Å². The number of carbonyl (C=O) groups is 1. The summed E-state index contributed by atoms with van der Waals surface area (Å²) in [7, 11) is -3.85. The predicted molar refractivity (Wildman–Crippen MR) is 129 cm³/mol. The Kier molecular flexibility index (Phi) is 5.87. The molecule has 0 spiro atoms. The van der Waals surface area contributed by atoms with Crippen LogP contribution in [0.25, 0.3) is 11.3 Å². The molecule has 1 amide bonds. The molecular formula is C25H21N3O6S. The fraction of sp³-hybridized carbons (Fsp3) is 0.120. The van der Waals surface area contributed by atoms with E-state index < -0.39 is 10.0 Å². The van der Waals surface area contributed by atoms with Crippen LogP contribution in [-0.2, 0) is 10.0 Å². The molecule has 2 heterocycles. The number of ether oxygens (including phenoxy) is 2. The molecule has 9 nitrogen and oxygen atoms in total. The van der Waals surface area contributed by atoms with Crippen LogP contribution in [-0.4, -0.2) is 32.7 Å². The number of amides is 1. The first-order valence-electron chi connectivity index (χ1n) is 10.8. The number of aryl methyl sites for hydroxylation is 1. The maximum atomic E-state index is 13.0. The van der Waals surface area contributed by atoms with E-state index >= 15 is 0 Å². The van der Waals surface area contributed by atoms with Crippen molar-refractivity contribution in [2.24, 2.45) is 0 Å². The van der Waals surface area contributed by atoms with Crippen molar-refractivity contribution in [1.82, 2.24) is 5.16 Å². The van der Waals surface area contributed by atoms with Crippen molar-refractivity contribution in [3.05, 3.63) is 84.1 Å². The van der Waals surface area contributed by atoms with Gasteiger partial charge in [-0.15, -0.1) is 0 Å². The average molecular weight is 492 g/mol. The Hall–Kier alpha value is -4.31. The Morgan fingerprint density at radius 2 is 1.57 bits per heavy atom. The van der Waals surface area contributed by atoms with Gasteiger partial charge in [-0.2, -0.15) is 0 Å². The zero-order chi connectivity index (χ0) is 24.4. The van der Waals surface area contributed by atoms with Crippen molar-refractivity contribution < 1.29 is 27.2 Å². The second kappa shape index (κ2) is 9.15. The van der Waals surface area contributed by atoms with Crippen LogP contribution >= 0.6 is 0 Å². The molecule has 5 rings (SSSR count). The molecule has 35 heavy (non-hydrogen) atoms. The van der Waals surface area contributed by atoms with Gasteiger partial charge in [0.05, 0.1) is 4.90 Å². The highest BCUT2D eigenvalue weighted by atomic mass is 32.2. The lowest BCUT2D eigenvalue weighted by Gasteiger charge is -2.19. The number of anilines is 2. The largest absolute Gasteiger partial charge is 0.486 e. The van der Waals surface area contributed by atoms with Gasteiger partial charge in [0.15, 0.2) is 11.5 Å². The van der Waals surface area contributed by atoms with Crippen molar-refractivity contribution in [3.63, 3.8) is 0 Å². The summed E-state index contributed by atoms with van der Waals surface area (Å²) in [5, 5.41) is 6.83. The van der Waals surface area contributed by atoms with Gasteiger partial charge in [-0.25, -0.2) is 8.42 Å². The van der Waals surface area contributed by atoms with Crippen molar-refractivity contribution in [2.45, 2.75) is 11.8 Å². The smallest absolute Gasteiger partial charge is 0.262 e. The van der Waals surface area contributed by atoms with Gasteiger partial charge >= 0.3 is 0 Å². The SMILES string of the molecule is Cc1onc(-c2ccccc2)c1C(=O)Nc1ccc(NS(=O)(=O)c2ccc3c(c2)OCCO3)cc1. The highest BCUT2D eigenvalue weighted by Crippen LogP contribution is 2.33. The second-order valence-electron chi connectivity index (χ2n) is 7.77. The highest BCUT2D eigenvalue weighted by molar-refractivity contribution is 7.92. The first-order chi connectivity index (χ1) is 16.9. The molecule has 4 aromatic rings. The Bertz CT molecular complexity index is 1480. The first-order valence-corrected chi connectivity index (χ1v) is 12.2. The zero-order valence-electron chi connectivity index (χ0n) is 18.6. The van der Waals surface area contributed by atoms with Crippen LogP contribution in [0.2, 0.25) is 0 Å². The van der Waals surface area contributed by atoms with Crippen LogP contribution in [0.4, 0.5) is 11.4 Å². The lowest BCUT2D eigenvalue weighted by atomic mass is 10.1. The molecule has 0 unspecified atom stereocenters. The number of hydrogen-bond acceptors (Lipinski definition) is 7. The molecule has 0 fully saturated rings. The third-order valence-electron chi connectivity index (χ3n) is 5.36. The van der Waals surface area contributed by atoms with Crippen LogP contribution in [0.3, 0.4) is 0 Å². The van der Waals surface area contributed by atoms with Gasteiger partial charge in [0, 0.05) is 23.0 Å². The van der Waals surface area contributed by atoms with Gasteiger partial charge < -0.3 is 19.3 Å². The summed E-state index contributed by atoms with van der Waals surface area (Å²) in [6, 6.07) is 20.0. The van der Waals surface area contributed by atoms with E-state index in [2.05, 4.69) is 15.2 Å². The molecule has 1 aliphatic rings. The van der Waals surface area contributed by atoms with Crippen LogP contribution in [0, 0.1) is 6.92 Å². The minimum Gasteiger partial charge on any atom is -0.486 e. The molecule has 178 valence electrons. The summed E-state index contributed by atoms with van der Waals surface area (Å²) in [4.78, 5) is 13.0. The van der Waals surface area contributed by atoms with E-state index in [0.717, 1.165) is 5.56 Å². The molecule has 1 aliphatic heterocycles. The second-order valence-corrected chi connectivity index (χ2v) is 9.45. The van der Waals surface area contributed by atoms with Crippen LogP contribution in [0.15, 0.2) is 82.2 Å². The summed E-state index contributed by atoms with van der Waals surface area (Å²) in [6.07, 6.45) is 0. The fourth-order valence-electron chi connectivity index (χ4n) is 3.65. The average Bonchev–Trinajstić information content (AvgIpc) is 3.27. The lowest BCUT2D eigenvalue weighted by Crippen LogP contribution is -2.17. The van der Waals surface area contributed by atoms with Crippen LogP contribution < -0.4 is 19.5 Å². The number of aromatic nitrogens is 1. The number of nitrogens with one attached hydrogen (secondary N) is 2. The van der Waals surface area contributed by atoms with Gasteiger partial charge in [0.1, 0.15) is 30.2 Å². The standard InChI is InChI=1S/C25H21N3O6S/c1-16-23(24(27-34-16)17-5-3-2-4-6-17)25(29)26-18-7-9-19(10-8-18)28-35(30,31)20-11-12-21-22(15-20)33-14-13-32-21/h2-12,15,28H,13-14H2,1H3,(H,26,29). The Balaban J connectivity index is 1.30. The van der Waals surface area contributed by atoms with Gasteiger partial charge in [0.25, 0.3) is 15.9 Å². The van der Waals surface area contributed by atoms with Crippen LogP contribution in [0.1, 0.15) is 16.1 Å².